The number of amides is 2. The first-order chi connectivity index (χ1) is 17.4. The van der Waals surface area contributed by atoms with Gasteiger partial charge in [-0.1, -0.05) is 0 Å². The molecule has 1 atom stereocenters. The minimum absolute atomic E-state index is 0.0865. The molecule has 0 aromatic carbocycles. The van der Waals surface area contributed by atoms with E-state index in [0.29, 0.717) is 44.6 Å². The average molecular weight is 499 g/mol. The van der Waals surface area contributed by atoms with E-state index in [1.54, 1.807) is 6.07 Å². The number of hydrogen-bond donors (Lipinski definition) is 1. The van der Waals surface area contributed by atoms with Gasteiger partial charge in [-0.25, -0.2) is 23.7 Å². The van der Waals surface area contributed by atoms with Crippen molar-refractivity contribution < 1.29 is 18.4 Å². The Morgan fingerprint density at radius 3 is 2.50 bits per heavy atom. The van der Waals surface area contributed by atoms with Crippen LogP contribution in [0.15, 0.2) is 36.8 Å². The Hall–Kier alpha value is -3.67. The highest BCUT2D eigenvalue weighted by molar-refractivity contribution is 5.93. The molecule has 190 valence electrons. The number of nitrogens with two attached hydrogens (primary N) is 1. The monoisotopic (exact) mass is 498 g/mol. The first kappa shape index (κ1) is 24.0. The lowest BCUT2D eigenvalue weighted by Gasteiger charge is -2.35. The summed E-state index contributed by atoms with van der Waals surface area (Å²) in [5.41, 5.74) is 6.17. The molecule has 0 radical (unpaired) electrons. The maximum atomic E-state index is 12.9. The molecule has 3 aromatic rings. The summed E-state index contributed by atoms with van der Waals surface area (Å²) in [6.07, 6.45) is 2.66. The normalized spacial score (nSPS) is 18.9. The predicted octanol–water partition coefficient (Wildman–Crippen LogP) is 1.53. The first-order valence-electron chi connectivity index (χ1n) is 12.0. The number of hydrogen-bond acceptors (Lipinski definition) is 7. The maximum absolute atomic E-state index is 12.9. The van der Waals surface area contributed by atoms with E-state index in [9.17, 15) is 18.4 Å². The molecule has 10 nitrogen and oxygen atoms in total. The van der Waals surface area contributed by atoms with Crippen LogP contribution in [-0.2, 0) is 11.3 Å². The van der Waals surface area contributed by atoms with Crippen LogP contribution in [0, 0.1) is 5.92 Å². The summed E-state index contributed by atoms with van der Waals surface area (Å²) in [4.78, 5) is 42.8. The maximum Gasteiger partial charge on any atom is 0.267 e. The molecule has 2 fully saturated rings. The van der Waals surface area contributed by atoms with Crippen molar-refractivity contribution in [3.8, 4) is 0 Å². The Morgan fingerprint density at radius 1 is 1.06 bits per heavy atom. The van der Waals surface area contributed by atoms with E-state index in [1.807, 2.05) is 32.7 Å². The molecule has 3 aromatic heterocycles. The first-order valence-corrected chi connectivity index (χ1v) is 12.0. The van der Waals surface area contributed by atoms with Gasteiger partial charge in [0, 0.05) is 63.2 Å². The molecule has 5 rings (SSSR count). The summed E-state index contributed by atoms with van der Waals surface area (Å²) < 4.78 is 27.5. The van der Waals surface area contributed by atoms with Crippen molar-refractivity contribution in [1.29, 1.82) is 0 Å². The molecule has 2 aliphatic rings. The summed E-state index contributed by atoms with van der Waals surface area (Å²) in [5, 5.41) is 0.958. The van der Waals surface area contributed by atoms with Gasteiger partial charge in [0.05, 0.1) is 12.1 Å². The fourth-order valence-corrected chi connectivity index (χ4v) is 4.88. The second kappa shape index (κ2) is 10.1. The van der Waals surface area contributed by atoms with Crippen LogP contribution in [0.1, 0.15) is 28.9 Å². The third-order valence-electron chi connectivity index (χ3n) is 6.87. The van der Waals surface area contributed by atoms with E-state index in [-0.39, 0.29) is 17.2 Å². The van der Waals surface area contributed by atoms with Gasteiger partial charge >= 0.3 is 0 Å². The van der Waals surface area contributed by atoms with Gasteiger partial charge in [0.1, 0.15) is 11.3 Å². The predicted molar refractivity (Wildman–Crippen MR) is 129 cm³/mol. The number of carbonyl (C=O) groups is 2. The molecular weight excluding hydrogens is 470 g/mol. The van der Waals surface area contributed by atoms with Crippen LogP contribution in [0.4, 0.5) is 14.7 Å². The number of pyridine rings is 1. The number of primary amides is 1. The number of fused-ring (bicyclic) bond motifs is 1. The number of rotatable bonds is 7. The number of alkyl halides is 2. The third kappa shape index (κ3) is 5.13. The van der Waals surface area contributed by atoms with Crippen molar-refractivity contribution in [2.24, 2.45) is 11.7 Å². The Morgan fingerprint density at radius 2 is 1.81 bits per heavy atom. The largest absolute Gasteiger partial charge is 0.364 e. The van der Waals surface area contributed by atoms with E-state index in [1.165, 1.54) is 0 Å². The second-order valence-electron chi connectivity index (χ2n) is 9.32. The fourth-order valence-electron chi connectivity index (χ4n) is 4.88. The summed E-state index contributed by atoms with van der Waals surface area (Å²) in [5.74, 6) is 0.318. The second-order valence-corrected chi connectivity index (χ2v) is 9.32. The summed E-state index contributed by atoms with van der Waals surface area (Å²) >= 11 is 0. The Bertz CT molecular complexity index is 1240. The Labute approximate surface area is 206 Å². The highest BCUT2D eigenvalue weighted by Crippen LogP contribution is 2.22. The van der Waals surface area contributed by atoms with E-state index in [2.05, 4.69) is 19.9 Å². The SMILES string of the molecule is NC(=O)c1ccc2ccn(CC3CCN(CC(=O)N4CCN(c5ncc(C(F)F)cn5)CC4)C3)c2n1. The molecule has 36 heavy (non-hydrogen) atoms. The summed E-state index contributed by atoms with van der Waals surface area (Å²) in [6.45, 7) is 4.98. The van der Waals surface area contributed by atoms with Gasteiger partial charge < -0.3 is 20.1 Å². The van der Waals surface area contributed by atoms with E-state index in [0.717, 1.165) is 49.5 Å². The summed E-state index contributed by atoms with van der Waals surface area (Å²) in [7, 11) is 0. The van der Waals surface area contributed by atoms with Crippen molar-refractivity contribution in [2.75, 3.05) is 50.7 Å². The number of piperazine rings is 1. The topological polar surface area (TPSA) is 113 Å². The zero-order valence-corrected chi connectivity index (χ0v) is 19.8. The zero-order chi connectivity index (χ0) is 25.2. The van der Waals surface area contributed by atoms with Gasteiger partial charge in [0.25, 0.3) is 12.3 Å². The highest BCUT2D eigenvalue weighted by Gasteiger charge is 2.28. The van der Waals surface area contributed by atoms with Crippen molar-refractivity contribution in [3.05, 3.63) is 48.0 Å². The number of halogens is 2. The van der Waals surface area contributed by atoms with Gasteiger partial charge in [-0.3, -0.25) is 14.5 Å². The molecule has 5 heterocycles. The molecule has 0 saturated carbocycles. The number of anilines is 1. The zero-order valence-electron chi connectivity index (χ0n) is 19.8. The van der Waals surface area contributed by atoms with Gasteiger partial charge in [-0.2, -0.15) is 0 Å². The van der Waals surface area contributed by atoms with Crippen LogP contribution in [0.3, 0.4) is 0 Å². The molecule has 2 amide bonds. The molecule has 1 unspecified atom stereocenters. The van der Waals surface area contributed by atoms with Crippen LogP contribution < -0.4 is 10.6 Å². The van der Waals surface area contributed by atoms with Crippen molar-refractivity contribution in [2.45, 2.75) is 19.4 Å². The minimum atomic E-state index is -2.59. The highest BCUT2D eigenvalue weighted by atomic mass is 19.3. The lowest BCUT2D eigenvalue weighted by molar-refractivity contribution is -0.132. The van der Waals surface area contributed by atoms with Crippen LogP contribution in [-0.4, -0.2) is 86.9 Å². The van der Waals surface area contributed by atoms with Crippen molar-refractivity contribution in [1.82, 2.24) is 29.3 Å². The van der Waals surface area contributed by atoms with Crippen LogP contribution >= 0.6 is 0 Å². The standard InChI is InChI=1S/C24H28F2N8O2/c25-21(26)18-11-28-24(29-12-18)33-9-7-32(8-10-33)20(35)15-31-5-3-16(13-31)14-34-6-4-17-1-2-19(22(27)36)30-23(17)34/h1-2,4,6,11-12,16,21H,3,5,7-10,13-15H2,(H2,27,36). The number of carbonyl (C=O) groups excluding carboxylic acids is 2. The Kier molecular flexibility index (Phi) is 6.77. The Balaban J connectivity index is 1.11. The van der Waals surface area contributed by atoms with Gasteiger partial charge in [0.15, 0.2) is 0 Å². The van der Waals surface area contributed by atoms with E-state index >= 15 is 0 Å². The van der Waals surface area contributed by atoms with Crippen molar-refractivity contribution in [3.63, 3.8) is 0 Å². The number of nitrogens with zero attached hydrogens (tertiary/aromatic N) is 7. The third-order valence-corrected chi connectivity index (χ3v) is 6.87. The quantitative estimate of drug-likeness (QED) is 0.526. The lowest BCUT2D eigenvalue weighted by atomic mass is 10.1. The van der Waals surface area contributed by atoms with Crippen LogP contribution in [0.2, 0.25) is 0 Å². The molecule has 2 N–H and O–H groups in total. The average Bonchev–Trinajstić information content (AvgIpc) is 3.50. The van der Waals surface area contributed by atoms with Gasteiger partial charge in [0.2, 0.25) is 11.9 Å². The summed E-state index contributed by atoms with van der Waals surface area (Å²) in [6, 6.07) is 5.46. The molecular formula is C24H28F2N8O2. The van der Waals surface area contributed by atoms with Crippen molar-refractivity contribution >= 4 is 28.8 Å². The lowest BCUT2D eigenvalue weighted by Crippen LogP contribution is -2.51. The molecule has 0 aliphatic carbocycles. The molecule has 2 saturated heterocycles. The minimum Gasteiger partial charge on any atom is -0.364 e. The van der Waals surface area contributed by atoms with E-state index in [4.69, 9.17) is 5.73 Å². The molecule has 2 aliphatic heterocycles. The smallest absolute Gasteiger partial charge is 0.267 e. The fraction of sp³-hybridized carbons (Fsp3) is 0.458. The number of aromatic nitrogens is 4. The molecule has 0 bridgehead atoms. The van der Waals surface area contributed by atoms with Crippen LogP contribution in [0.5, 0.6) is 0 Å². The molecule has 0 spiro atoms. The number of likely N-dealkylation sites (tertiary alicyclic amines) is 1. The van der Waals surface area contributed by atoms with Crippen LogP contribution in [0.25, 0.3) is 11.0 Å². The van der Waals surface area contributed by atoms with Gasteiger partial charge in [-0.05, 0) is 37.1 Å². The van der Waals surface area contributed by atoms with E-state index < -0.39 is 12.3 Å². The molecule has 12 heteroatoms. The van der Waals surface area contributed by atoms with Gasteiger partial charge in [-0.15, -0.1) is 0 Å².